The molecule has 1 aliphatic heterocycles. The fourth-order valence-corrected chi connectivity index (χ4v) is 3.60. The van der Waals surface area contributed by atoms with Gasteiger partial charge in [0, 0.05) is 5.70 Å². The van der Waals surface area contributed by atoms with Gasteiger partial charge in [-0.15, -0.1) is 0 Å². The molecule has 8 heteroatoms. The van der Waals surface area contributed by atoms with Crippen molar-refractivity contribution in [3.05, 3.63) is 33.4 Å². The van der Waals surface area contributed by atoms with Gasteiger partial charge in [0.05, 0.1) is 35.4 Å². The summed E-state index contributed by atoms with van der Waals surface area (Å²) in [4.78, 5) is 25.1. The predicted octanol–water partition coefficient (Wildman–Crippen LogP) is 4.61. The van der Waals surface area contributed by atoms with Gasteiger partial charge in [-0.3, -0.25) is 0 Å². The van der Waals surface area contributed by atoms with Crippen LogP contribution in [0.3, 0.4) is 0 Å². The lowest BCUT2D eigenvalue weighted by Crippen LogP contribution is -2.46. The second-order valence-corrected chi connectivity index (χ2v) is 7.70. The second-order valence-electron chi connectivity index (χ2n) is 6.84. The molecule has 7 nitrogen and oxygen atoms in total. The van der Waals surface area contributed by atoms with Crippen LogP contribution in [0.25, 0.3) is 0 Å². The van der Waals surface area contributed by atoms with Crippen molar-refractivity contribution in [2.45, 2.75) is 59.6 Å². The fourth-order valence-electron chi connectivity index (χ4n) is 3.03. The summed E-state index contributed by atoms with van der Waals surface area (Å²) in [6.45, 7) is 10.4. The van der Waals surface area contributed by atoms with Crippen LogP contribution >= 0.6 is 15.9 Å². The van der Waals surface area contributed by atoms with Crippen LogP contribution in [-0.2, 0) is 9.53 Å². The van der Waals surface area contributed by atoms with E-state index in [1.807, 2.05) is 26.8 Å². The summed E-state index contributed by atoms with van der Waals surface area (Å²) in [6, 6.07) is 2.60. The third kappa shape index (κ3) is 5.65. The Morgan fingerprint density at radius 3 is 2.52 bits per heavy atom. The monoisotopic (exact) mass is 468 g/mol. The number of benzene rings is 1. The van der Waals surface area contributed by atoms with Gasteiger partial charge < -0.3 is 24.8 Å². The molecule has 0 radical (unpaired) electrons. The number of carbonyl (C=O) groups excluding carboxylic acids is 2. The lowest BCUT2D eigenvalue weighted by atomic mass is 9.94. The fraction of sp³-hybridized carbons (Fsp3) is 0.524. The van der Waals surface area contributed by atoms with Gasteiger partial charge in [-0.05, 0) is 67.2 Å². The van der Waals surface area contributed by atoms with Crippen LogP contribution in [0.4, 0.5) is 4.79 Å². The maximum absolute atomic E-state index is 12.8. The first-order chi connectivity index (χ1) is 13.8. The summed E-state index contributed by atoms with van der Waals surface area (Å²) in [6.07, 6.45) is 1.07. The summed E-state index contributed by atoms with van der Waals surface area (Å²) in [5.41, 5.74) is 1.63. The van der Waals surface area contributed by atoms with Gasteiger partial charge in [-0.1, -0.05) is 13.8 Å². The minimum Gasteiger partial charge on any atom is -0.490 e. The van der Waals surface area contributed by atoms with Crippen molar-refractivity contribution < 1.29 is 23.8 Å². The smallest absolute Gasteiger partial charge is 0.338 e. The van der Waals surface area contributed by atoms with Crippen LogP contribution in [0.1, 0.15) is 59.1 Å². The Morgan fingerprint density at radius 1 is 1.21 bits per heavy atom. The van der Waals surface area contributed by atoms with E-state index in [0.717, 1.165) is 6.42 Å². The quantitative estimate of drug-likeness (QED) is 0.516. The van der Waals surface area contributed by atoms with E-state index in [4.69, 9.17) is 14.2 Å². The third-order valence-corrected chi connectivity index (χ3v) is 4.77. The van der Waals surface area contributed by atoms with Gasteiger partial charge >= 0.3 is 12.0 Å². The third-order valence-electron chi connectivity index (χ3n) is 4.19. The maximum Gasteiger partial charge on any atom is 0.338 e. The first-order valence-corrected chi connectivity index (χ1v) is 10.7. The van der Waals surface area contributed by atoms with Crippen LogP contribution < -0.4 is 20.1 Å². The van der Waals surface area contributed by atoms with Gasteiger partial charge in [-0.25, -0.2) is 9.59 Å². The molecule has 1 heterocycles. The van der Waals surface area contributed by atoms with Crippen LogP contribution in [0, 0.1) is 0 Å². The molecular formula is C21H29BrN2O5. The van der Waals surface area contributed by atoms with E-state index in [0.29, 0.717) is 52.4 Å². The van der Waals surface area contributed by atoms with Gasteiger partial charge in [-0.2, -0.15) is 0 Å². The van der Waals surface area contributed by atoms with E-state index >= 15 is 0 Å². The second kappa shape index (κ2) is 10.5. The number of halogens is 1. The Labute approximate surface area is 180 Å². The van der Waals surface area contributed by atoms with E-state index in [-0.39, 0.29) is 12.1 Å². The molecule has 1 atom stereocenters. The average Bonchev–Trinajstić information content (AvgIpc) is 2.66. The Balaban J connectivity index is 2.56. The Kier molecular flexibility index (Phi) is 8.37. The number of urea groups is 1. The largest absolute Gasteiger partial charge is 0.490 e. The molecule has 2 amide bonds. The number of hydrogen-bond acceptors (Lipinski definition) is 5. The summed E-state index contributed by atoms with van der Waals surface area (Å²) in [5, 5.41) is 5.56. The molecule has 1 unspecified atom stereocenters. The normalized spacial score (nSPS) is 16.4. The number of nitrogens with one attached hydrogen (secondary N) is 2. The molecule has 1 aromatic rings. The molecule has 0 fully saturated rings. The van der Waals surface area contributed by atoms with Crippen molar-refractivity contribution in [1.29, 1.82) is 0 Å². The number of hydrogen-bond donors (Lipinski definition) is 2. The molecule has 29 heavy (non-hydrogen) atoms. The Bertz CT molecular complexity index is 792. The van der Waals surface area contributed by atoms with Crippen molar-refractivity contribution in [3.63, 3.8) is 0 Å². The van der Waals surface area contributed by atoms with Gasteiger partial charge in [0.25, 0.3) is 0 Å². The van der Waals surface area contributed by atoms with Crippen LogP contribution in [0.15, 0.2) is 27.9 Å². The minimum absolute atomic E-state index is 0.276. The molecule has 0 aliphatic carbocycles. The Morgan fingerprint density at radius 2 is 1.93 bits per heavy atom. The van der Waals surface area contributed by atoms with Crippen LogP contribution in [0.2, 0.25) is 0 Å². The lowest BCUT2D eigenvalue weighted by Gasteiger charge is -2.30. The van der Waals surface area contributed by atoms with Crippen molar-refractivity contribution in [3.8, 4) is 11.5 Å². The molecule has 2 N–H and O–H groups in total. The highest BCUT2D eigenvalue weighted by Gasteiger charge is 2.34. The first kappa shape index (κ1) is 23.1. The molecule has 0 saturated heterocycles. The summed E-state index contributed by atoms with van der Waals surface area (Å²) < 4.78 is 17.7. The van der Waals surface area contributed by atoms with E-state index in [9.17, 15) is 9.59 Å². The topological polar surface area (TPSA) is 85.9 Å². The summed E-state index contributed by atoms with van der Waals surface area (Å²) in [5.74, 6) is 0.686. The van der Waals surface area contributed by atoms with Crippen molar-refractivity contribution >= 4 is 27.9 Å². The minimum atomic E-state index is -0.666. The highest BCUT2D eigenvalue weighted by atomic mass is 79.9. The number of esters is 1. The maximum atomic E-state index is 12.8. The number of carbonyl (C=O) groups is 2. The zero-order valence-electron chi connectivity index (χ0n) is 17.6. The van der Waals surface area contributed by atoms with E-state index in [2.05, 4.69) is 26.6 Å². The van der Waals surface area contributed by atoms with Crippen molar-refractivity contribution in [2.24, 2.45) is 0 Å². The molecule has 0 bridgehead atoms. The zero-order chi connectivity index (χ0) is 21.6. The molecule has 2 rings (SSSR count). The van der Waals surface area contributed by atoms with Crippen LogP contribution in [-0.4, -0.2) is 31.3 Å². The predicted molar refractivity (Wildman–Crippen MR) is 114 cm³/mol. The number of ether oxygens (including phenoxy) is 3. The number of allylic oxidation sites excluding steroid dienone is 1. The summed E-state index contributed by atoms with van der Waals surface area (Å²) >= 11 is 3.54. The standard InChI is InChI=1S/C21H29BrN2O5/c1-6-9-28-19-14(22)10-13(11-16(19)27-8-3)18-17(20(25)29-12(4)5)15(7-2)23-21(26)24-18/h10-12,18H,6-9H2,1-5H3,(H2,23,24,26). The van der Waals surface area contributed by atoms with Crippen molar-refractivity contribution in [1.82, 2.24) is 10.6 Å². The van der Waals surface area contributed by atoms with Gasteiger partial charge in [0.1, 0.15) is 0 Å². The van der Waals surface area contributed by atoms with E-state index in [1.165, 1.54) is 0 Å². The molecule has 1 aromatic carbocycles. The van der Waals surface area contributed by atoms with E-state index < -0.39 is 12.0 Å². The SMILES string of the molecule is CCCOc1c(Br)cc(C2NC(=O)NC(CC)=C2C(=O)OC(C)C)cc1OCC. The molecular weight excluding hydrogens is 440 g/mol. The van der Waals surface area contributed by atoms with Gasteiger partial charge in [0.2, 0.25) is 0 Å². The Hall–Kier alpha value is -2.22. The lowest BCUT2D eigenvalue weighted by molar-refractivity contribution is -0.143. The molecule has 0 aromatic heterocycles. The molecule has 160 valence electrons. The molecule has 0 spiro atoms. The molecule has 1 aliphatic rings. The van der Waals surface area contributed by atoms with Gasteiger partial charge in [0.15, 0.2) is 11.5 Å². The first-order valence-electron chi connectivity index (χ1n) is 9.92. The number of amides is 2. The highest BCUT2D eigenvalue weighted by molar-refractivity contribution is 9.10. The average molecular weight is 469 g/mol. The zero-order valence-corrected chi connectivity index (χ0v) is 19.1. The molecule has 0 saturated carbocycles. The number of rotatable bonds is 9. The highest BCUT2D eigenvalue weighted by Crippen LogP contribution is 2.41. The van der Waals surface area contributed by atoms with E-state index in [1.54, 1.807) is 19.9 Å². The summed E-state index contributed by atoms with van der Waals surface area (Å²) in [7, 11) is 0. The van der Waals surface area contributed by atoms with Crippen LogP contribution in [0.5, 0.6) is 11.5 Å². The van der Waals surface area contributed by atoms with Crippen molar-refractivity contribution in [2.75, 3.05) is 13.2 Å².